The molecule has 0 amide bonds. The van der Waals surface area contributed by atoms with Gasteiger partial charge in [-0.3, -0.25) is 0 Å². The van der Waals surface area contributed by atoms with Gasteiger partial charge in [-0.2, -0.15) is 0 Å². The lowest BCUT2D eigenvalue weighted by atomic mass is 9.94. The average Bonchev–Trinajstić information content (AvgIpc) is 2.48. The van der Waals surface area contributed by atoms with Crippen molar-refractivity contribution in [1.82, 2.24) is 5.32 Å². The molecule has 0 bridgehead atoms. The first kappa shape index (κ1) is 16.8. The maximum absolute atomic E-state index is 5.66. The van der Waals surface area contributed by atoms with Gasteiger partial charge in [-0.15, -0.1) is 0 Å². The van der Waals surface area contributed by atoms with Crippen LogP contribution in [0.15, 0.2) is 22.7 Å². The fourth-order valence-corrected chi connectivity index (χ4v) is 3.51. The molecule has 1 saturated heterocycles. The van der Waals surface area contributed by atoms with Gasteiger partial charge in [0.05, 0.1) is 6.10 Å². The van der Waals surface area contributed by atoms with E-state index in [1.165, 1.54) is 17.7 Å². The smallest absolute Gasteiger partial charge is 0.0772 e. The molecule has 0 aliphatic carbocycles. The molecule has 1 aromatic rings. The third kappa shape index (κ3) is 3.99. The molecule has 0 saturated carbocycles. The molecule has 0 radical (unpaired) electrons. The third-order valence-corrected chi connectivity index (χ3v) is 4.99. The number of nitrogens with zero attached hydrogens (tertiary/aromatic N) is 1. The second-order valence-electron chi connectivity index (χ2n) is 5.97. The normalized spacial score (nSPS) is 24.1. The fourth-order valence-electron chi connectivity index (χ4n) is 3.14. The molecule has 1 aliphatic rings. The van der Waals surface area contributed by atoms with Crippen LogP contribution in [0.5, 0.6) is 0 Å². The monoisotopic (exact) mass is 354 g/mol. The van der Waals surface area contributed by atoms with Crippen LogP contribution < -0.4 is 10.2 Å². The van der Waals surface area contributed by atoms with Crippen LogP contribution in [0.3, 0.4) is 0 Å². The molecule has 3 nitrogen and oxygen atoms in total. The van der Waals surface area contributed by atoms with Crippen LogP contribution >= 0.6 is 15.9 Å². The molecule has 0 aromatic heterocycles. The number of piperidine rings is 1. The van der Waals surface area contributed by atoms with Gasteiger partial charge < -0.3 is 15.0 Å². The van der Waals surface area contributed by atoms with Gasteiger partial charge in [0.15, 0.2) is 0 Å². The highest BCUT2D eigenvalue weighted by Crippen LogP contribution is 2.32. The summed E-state index contributed by atoms with van der Waals surface area (Å²) in [6, 6.07) is 6.96. The molecule has 1 heterocycles. The number of rotatable bonds is 5. The molecular weight excluding hydrogens is 328 g/mol. The Morgan fingerprint density at radius 1 is 1.48 bits per heavy atom. The van der Waals surface area contributed by atoms with Crippen molar-refractivity contribution in [2.75, 3.05) is 31.6 Å². The SMILES string of the molecule is CCNC(C)c1cc(Br)ccc1N1CCC(C)C(OC)C1. The summed E-state index contributed by atoms with van der Waals surface area (Å²) < 4.78 is 6.80. The summed E-state index contributed by atoms with van der Waals surface area (Å²) in [5.41, 5.74) is 2.69. The van der Waals surface area contributed by atoms with Crippen molar-refractivity contribution in [3.05, 3.63) is 28.2 Å². The molecule has 3 atom stereocenters. The summed E-state index contributed by atoms with van der Waals surface area (Å²) in [7, 11) is 1.83. The van der Waals surface area contributed by atoms with E-state index in [0.29, 0.717) is 18.1 Å². The Labute approximate surface area is 137 Å². The Balaban J connectivity index is 2.26. The van der Waals surface area contributed by atoms with E-state index in [4.69, 9.17) is 4.74 Å². The van der Waals surface area contributed by atoms with E-state index in [1.54, 1.807) is 0 Å². The number of halogens is 1. The van der Waals surface area contributed by atoms with Crippen LogP contribution in [-0.2, 0) is 4.74 Å². The topological polar surface area (TPSA) is 24.5 Å². The minimum Gasteiger partial charge on any atom is -0.379 e. The minimum atomic E-state index is 0.324. The molecule has 1 N–H and O–H groups in total. The van der Waals surface area contributed by atoms with Crippen molar-refractivity contribution >= 4 is 21.6 Å². The minimum absolute atomic E-state index is 0.324. The highest BCUT2D eigenvalue weighted by molar-refractivity contribution is 9.10. The van der Waals surface area contributed by atoms with Crippen molar-refractivity contribution in [2.24, 2.45) is 5.92 Å². The lowest BCUT2D eigenvalue weighted by molar-refractivity contribution is 0.0498. The van der Waals surface area contributed by atoms with E-state index >= 15 is 0 Å². The molecule has 4 heteroatoms. The van der Waals surface area contributed by atoms with E-state index in [0.717, 1.165) is 24.1 Å². The molecule has 2 rings (SSSR count). The second kappa shape index (κ2) is 7.61. The van der Waals surface area contributed by atoms with Crippen LogP contribution in [0.25, 0.3) is 0 Å². The van der Waals surface area contributed by atoms with Crippen LogP contribution in [0.1, 0.15) is 38.8 Å². The summed E-state index contributed by atoms with van der Waals surface area (Å²) >= 11 is 3.60. The van der Waals surface area contributed by atoms with Gasteiger partial charge in [-0.25, -0.2) is 0 Å². The molecule has 21 heavy (non-hydrogen) atoms. The van der Waals surface area contributed by atoms with Crippen LogP contribution in [-0.4, -0.2) is 32.8 Å². The van der Waals surface area contributed by atoms with Crippen LogP contribution in [0.2, 0.25) is 0 Å². The maximum atomic E-state index is 5.66. The third-order valence-electron chi connectivity index (χ3n) is 4.50. The summed E-state index contributed by atoms with van der Waals surface area (Å²) in [6.45, 7) is 9.73. The zero-order valence-electron chi connectivity index (χ0n) is 13.5. The van der Waals surface area contributed by atoms with E-state index in [-0.39, 0.29) is 0 Å². The first-order valence-corrected chi connectivity index (χ1v) is 8.66. The van der Waals surface area contributed by atoms with Gasteiger partial charge >= 0.3 is 0 Å². The Morgan fingerprint density at radius 3 is 2.90 bits per heavy atom. The maximum Gasteiger partial charge on any atom is 0.0772 e. The van der Waals surface area contributed by atoms with Crippen molar-refractivity contribution in [1.29, 1.82) is 0 Å². The average molecular weight is 355 g/mol. The first-order chi connectivity index (χ1) is 10.1. The van der Waals surface area contributed by atoms with Gasteiger partial charge in [-0.1, -0.05) is 29.8 Å². The largest absolute Gasteiger partial charge is 0.379 e. The molecule has 3 unspecified atom stereocenters. The van der Waals surface area contributed by atoms with Gasteiger partial charge in [0.25, 0.3) is 0 Å². The number of hydrogen-bond acceptors (Lipinski definition) is 3. The Hall–Kier alpha value is -0.580. The molecular formula is C17H27BrN2O. The highest BCUT2D eigenvalue weighted by atomic mass is 79.9. The van der Waals surface area contributed by atoms with E-state index < -0.39 is 0 Å². The second-order valence-corrected chi connectivity index (χ2v) is 6.88. The standard InChI is InChI=1S/C17H27BrN2O/c1-5-19-13(3)15-10-14(18)6-7-16(15)20-9-8-12(2)17(11-20)21-4/h6-7,10,12-13,17,19H,5,8-9,11H2,1-4H3. The predicted molar refractivity (Wildman–Crippen MR) is 93.0 cm³/mol. The van der Waals surface area contributed by atoms with Crippen LogP contribution in [0, 0.1) is 5.92 Å². The summed E-state index contributed by atoms with van der Waals surface area (Å²) in [4.78, 5) is 2.48. The van der Waals surface area contributed by atoms with E-state index in [2.05, 4.69) is 65.1 Å². The summed E-state index contributed by atoms with van der Waals surface area (Å²) in [5.74, 6) is 0.635. The van der Waals surface area contributed by atoms with Gasteiger partial charge in [0, 0.05) is 36.4 Å². The quantitative estimate of drug-likeness (QED) is 0.865. The van der Waals surface area contributed by atoms with Gasteiger partial charge in [0.1, 0.15) is 0 Å². The zero-order chi connectivity index (χ0) is 15.4. The molecule has 118 valence electrons. The summed E-state index contributed by atoms with van der Waals surface area (Å²) in [5, 5.41) is 3.52. The Bertz CT molecular complexity index is 466. The summed E-state index contributed by atoms with van der Waals surface area (Å²) in [6.07, 6.45) is 1.51. The van der Waals surface area contributed by atoms with E-state index in [9.17, 15) is 0 Å². The lowest BCUT2D eigenvalue weighted by Crippen LogP contribution is -2.44. The van der Waals surface area contributed by atoms with Crippen molar-refractivity contribution in [3.63, 3.8) is 0 Å². The number of methoxy groups -OCH3 is 1. The molecule has 0 spiro atoms. The molecule has 1 aromatic carbocycles. The Kier molecular flexibility index (Phi) is 6.08. The number of anilines is 1. The number of nitrogens with one attached hydrogen (secondary N) is 1. The zero-order valence-corrected chi connectivity index (χ0v) is 15.1. The van der Waals surface area contributed by atoms with Crippen molar-refractivity contribution in [3.8, 4) is 0 Å². The fraction of sp³-hybridized carbons (Fsp3) is 0.647. The van der Waals surface area contributed by atoms with E-state index in [1.807, 2.05) is 7.11 Å². The van der Waals surface area contributed by atoms with Crippen molar-refractivity contribution < 1.29 is 4.74 Å². The number of ether oxygens (including phenoxy) is 1. The lowest BCUT2D eigenvalue weighted by Gasteiger charge is -2.39. The predicted octanol–water partition coefficient (Wildman–Crippen LogP) is 3.98. The number of hydrogen-bond donors (Lipinski definition) is 1. The van der Waals surface area contributed by atoms with Gasteiger partial charge in [-0.05, 0) is 49.6 Å². The first-order valence-electron chi connectivity index (χ1n) is 7.87. The molecule has 1 aliphatic heterocycles. The number of benzene rings is 1. The van der Waals surface area contributed by atoms with Crippen molar-refractivity contribution in [2.45, 2.75) is 39.3 Å². The van der Waals surface area contributed by atoms with Crippen LogP contribution in [0.4, 0.5) is 5.69 Å². The van der Waals surface area contributed by atoms with Gasteiger partial charge in [0.2, 0.25) is 0 Å². The highest BCUT2D eigenvalue weighted by Gasteiger charge is 2.27. The Morgan fingerprint density at radius 2 is 2.24 bits per heavy atom. The molecule has 1 fully saturated rings.